The SMILES string of the molecule is Cc1sc2nc([C@H](C)OC(=O)c3cc(Cl)ccc3Cl)[nH]c(=O)c2c1C. The van der Waals surface area contributed by atoms with E-state index in [0.29, 0.717) is 15.2 Å². The number of hydrogen-bond acceptors (Lipinski definition) is 5. The third-order valence-electron chi connectivity index (χ3n) is 3.87. The number of rotatable bonds is 3. The van der Waals surface area contributed by atoms with Gasteiger partial charge < -0.3 is 9.72 Å². The lowest BCUT2D eigenvalue weighted by molar-refractivity contribution is 0.0320. The number of carbonyl (C=O) groups excluding carboxylic acids is 1. The number of carbonyl (C=O) groups is 1. The van der Waals surface area contributed by atoms with E-state index in [0.717, 1.165) is 10.4 Å². The molecular weight excluding hydrogens is 383 g/mol. The molecule has 3 aromatic rings. The molecule has 0 bridgehead atoms. The molecule has 0 unspecified atom stereocenters. The van der Waals surface area contributed by atoms with Crippen molar-refractivity contribution in [3.63, 3.8) is 0 Å². The minimum Gasteiger partial charge on any atom is -0.451 e. The summed E-state index contributed by atoms with van der Waals surface area (Å²) < 4.78 is 5.39. The number of hydrogen-bond donors (Lipinski definition) is 1. The van der Waals surface area contributed by atoms with Crippen LogP contribution < -0.4 is 5.56 Å². The molecule has 1 aromatic carbocycles. The Morgan fingerprint density at radius 1 is 1.32 bits per heavy atom. The Kier molecular flexibility index (Phi) is 4.86. The summed E-state index contributed by atoms with van der Waals surface area (Å²) in [6, 6.07) is 4.54. The van der Waals surface area contributed by atoms with Crippen molar-refractivity contribution in [3.05, 3.63) is 60.4 Å². The minimum absolute atomic E-state index is 0.159. The summed E-state index contributed by atoms with van der Waals surface area (Å²) in [7, 11) is 0. The van der Waals surface area contributed by atoms with Crippen molar-refractivity contribution in [2.75, 3.05) is 0 Å². The normalized spacial score (nSPS) is 12.4. The average Bonchev–Trinajstić information content (AvgIpc) is 2.84. The van der Waals surface area contributed by atoms with Gasteiger partial charge in [0, 0.05) is 9.90 Å². The number of thiophene rings is 1. The predicted molar refractivity (Wildman–Crippen MR) is 100 cm³/mol. The van der Waals surface area contributed by atoms with E-state index in [-0.39, 0.29) is 22.0 Å². The van der Waals surface area contributed by atoms with Crippen LogP contribution in [0.25, 0.3) is 10.2 Å². The Bertz CT molecular complexity index is 1040. The molecule has 2 aromatic heterocycles. The molecule has 3 rings (SSSR count). The maximum absolute atomic E-state index is 12.3. The lowest BCUT2D eigenvalue weighted by atomic mass is 10.2. The summed E-state index contributed by atoms with van der Waals surface area (Å²) in [5, 5.41) is 1.19. The van der Waals surface area contributed by atoms with Crippen molar-refractivity contribution in [1.29, 1.82) is 0 Å². The molecular formula is C17H14Cl2N2O3S. The maximum atomic E-state index is 12.3. The topological polar surface area (TPSA) is 72.0 Å². The third kappa shape index (κ3) is 3.42. The molecule has 0 radical (unpaired) electrons. The second-order valence-corrected chi connectivity index (χ2v) is 7.63. The highest BCUT2D eigenvalue weighted by Crippen LogP contribution is 2.28. The van der Waals surface area contributed by atoms with Crippen molar-refractivity contribution >= 4 is 50.7 Å². The third-order valence-corrected chi connectivity index (χ3v) is 5.54. The van der Waals surface area contributed by atoms with E-state index in [2.05, 4.69) is 9.97 Å². The zero-order valence-electron chi connectivity index (χ0n) is 13.6. The van der Waals surface area contributed by atoms with Crippen LogP contribution in [0.3, 0.4) is 0 Å². The van der Waals surface area contributed by atoms with Crippen molar-refractivity contribution < 1.29 is 9.53 Å². The van der Waals surface area contributed by atoms with Gasteiger partial charge in [-0.15, -0.1) is 11.3 Å². The van der Waals surface area contributed by atoms with Crippen molar-refractivity contribution in [2.45, 2.75) is 26.9 Å². The van der Waals surface area contributed by atoms with E-state index in [9.17, 15) is 9.59 Å². The number of aryl methyl sites for hydroxylation is 2. The number of nitrogens with zero attached hydrogens (tertiary/aromatic N) is 1. The minimum atomic E-state index is -0.748. The van der Waals surface area contributed by atoms with Gasteiger partial charge in [0.1, 0.15) is 4.83 Å². The van der Waals surface area contributed by atoms with Crippen LogP contribution in [0, 0.1) is 13.8 Å². The van der Waals surface area contributed by atoms with Gasteiger partial charge in [-0.1, -0.05) is 23.2 Å². The molecule has 130 valence electrons. The fourth-order valence-electron chi connectivity index (χ4n) is 2.40. The molecule has 8 heteroatoms. The van der Waals surface area contributed by atoms with E-state index < -0.39 is 12.1 Å². The molecule has 0 amide bonds. The highest BCUT2D eigenvalue weighted by Gasteiger charge is 2.20. The molecule has 1 N–H and O–H groups in total. The van der Waals surface area contributed by atoms with Crippen LogP contribution in [0.4, 0.5) is 0 Å². The highest BCUT2D eigenvalue weighted by molar-refractivity contribution is 7.18. The summed E-state index contributed by atoms with van der Waals surface area (Å²) in [5.74, 6) is -0.355. The molecule has 2 heterocycles. The number of benzene rings is 1. The van der Waals surface area contributed by atoms with Gasteiger partial charge in [0.15, 0.2) is 11.9 Å². The molecule has 1 atom stereocenters. The van der Waals surface area contributed by atoms with Gasteiger partial charge in [-0.2, -0.15) is 0 Å². The van der Waals surface area contributed by atoms with Gasteiger partial charge in [0.05, 0.1) is 16.0 Å². The van der Waals surface area contributed by atoms with Crippen LogP contribution in [0.2, 0.25) is 10.0 Å². The molecule has 0 aliphatic heterocycles. The molecule has 0 aliphatic rings. The maximum Gasteiger partial charge on any atom is 0.340 e. The van der Waals surface area contributed by atoms with Gasteiger partial charge in [-0.05, 0) is 44.5 Å². The monoisotopic (exact) mass is 396 g/mol. The molecule has 0 spiro atoms. The fraction of sp³-hybridized carbons (Fsp3) is 0.235. The first-order chi connectivity index (χ1) is 11.8. The number of esters is 1. The van der Waals surface area contributed by atoms with Gasteiger partial charge >= 0.3 is 5.97 Å². The van der Waals surface area contributed by atoms with Crippen LogP contribution in [0.15, 0.2) is 23.0 Å². The van der Waals surface area contributed by atoms with Crippen molar-refractivity contribution in [2.24, 2.45) is 0 Å². The Morgan fingerprint density at radius 3 is 2.76 bits per heavy atom. The summed E-state index contributed by atoms with van der Waals surface area (Å²) in [5.41, 5.74) is 0.827. The number of halogens is 2. The molecule has 0 fully saturated rings. The lowest BCUT2D eigenvalue weighted by Crippen LogP contribution is -2.17. The summed E-state index contributed by atoms with van der Waals surface area (Å²) in [6.07, 6.45) is -0.748. The molecule has 0 aliphatic carbocycles. The van der Waals surface area contributed by atoms with E-state index in [1.165, 1.54) is 23.5 Å². The molecule has 25 heavy (non-hydrogen) atoms. The van der Waals surface area contributed by atoms with Crippen LogP contribution in [0.1, 0.15) is 39.7 Å². The Hall–Kier alpha value is -1.89. The van der Waals surface area contributed by atoms with E-state index in [1.807, 2.05) is 13.8 Å². The number of H-pyrrole nitrogens is 1. The Labute approximate surface area is 157 Å². The zero-order chi connectivity index (χ0) is 18.3. The number of aromatic nitrogens is 2. The largest absolute Gasteiger partial charge is 0.451 e. The summed E-state index contributed by atoms with van der Waals surface area (Å²) >= 11 is 13.3. The zero-order valence-corrected chi connectivity index (χ0v) is 16.0. The first-order valence-electron chi connectivity index (χ1n) is 7.44. The van der Waals surface area contributed by atoms with E-state index in [4.69, 9.17) is 27.9 Å². The first-order valence-corrected chi connectivity index (χ1v) is 9.01. The van der Waals surface area contributed by atoms with Gasteiger partial charge in [-0.3, -0.25) is 4.79 Å². The van der Waals surface area contributed by atoms with Crippen LogP contribution in [-0.4, -0.2) is 15.9 Å². The predicted octanol–water partition coefficient (Wildman–Crippen LogP) is 4.83. The van der Waals surface area contributed by atoms with E-state index in [1.54, 1.807) is 13.0 Å². The standard InChI is InChI=1S/C17H14Cl2N2O3S/c1-7-9(3)25-16-13(7)15(22)20-14(21-16)8(2)24-17(23)11-6-10(18)4-5-12(11)19/h4-6,8H,1-3H3,(H,20,21,22)/t8-/m0/s1. The van der Waals surface area contributed by atoms with Crippen LogP contribution in [0.5, 0.6) is 0 Å². The van der Waals surface area contributed by atoms with Crippen molar-refractivity contribution in [1.82, 2.24) is 9.97 Å². The van der Waals surface area contributed by atoms with Crippen molar-refractivity contribution in [3.8, 4) is 0 Å². The van der Waals surface area contributed by atoms with Gasteiger partial charge in [0.25, 0.3) is 5.56 Å². The Morgan fingerprint density at radius 2 is 2.04 bits per heavy atom. The lowest BCUT2D eigenvalue weighted by Gasteiger charge is -2.13. The number of fused-ring (bicyclic) bond motifs is 1. The number of aromatic amines is 1. The molecule has 5 nitrogen and oxygen atoms in total. The van der Waals surface area contributed by atoms with Gasteiger partial charge in [0.2, 0.25) is 0 Å². The molecule has 0 saturated carbocycles. The summed E-state index contributed by atoms with van der Waals surface area (Å²) in [4.78, 5) is 33.4. The highest BCUT2D eigenvalue weighted by atomic mass is 35.5. The van der Waals surface area contributed by atoms with Crippen LogP contribution in [-0.2, 0) is 4.74 Å². The second kappa shape index (κ2) is 6.78. The average molecular weight is 397 g/mol. The van der Waals surface area contributed by atoms with E-state index >= 15 is 0 Å². The first kappa shape index (κ1) is 17.9. The Balaban J connectivity index is 1.92. The second-order valence-electron chi connectivity index (χ2n) is 5.59. The quantitative estimate of drug-likeness (QED) is 0.643. The summed E-state index contributed by atoms with van der Waals surface area (Å²) in [6.45, 7) is 5.45. The van der Waals surface area contributed by atoms with Crippen LogP contribution >= 0.6 is 34.5 Å². The van der Waals surface area contributed by atoms with Gasteiger partial charge in [-0.25, -0.2) is 9.78 Å². The number of nitrogens with one attached hydrogen (secondary N) is 1. The molecule has 0 saturated heterocycles. The smallest absolute Gasteiger partial charge is 0.340 e. The fourth-order valence-corrected chi connectivity index (χ4v) is 3.80. The number of ether oxygens (including phenoxy) is 1.